The minimum Gasteiger partial charge on any atom is -0.481 e. The molecule has 25 heavy (non-hydrogen) atoms. The first-order valence-corrected chi connectivity index (χ1v) is 6.97. The topological polar surface area (TPSA) is 120 Å². The Bertz CT molecular complexity index is 767. The molecule has 2 aromatic rings. The molecule has 0 spiro atoms. The zero-order valence-electron chi connectivity index (χ0n) is 13.4. The summed E-state index contributed by atoms with van der Waals surface area (Å²) in [5.41, 5.74) is 0.469. The maximum absolute atomic E-state index is 11.5. The third kappa shape index (κ3) is 5.50. The van der Waals surface area contributed by atoms with E-state index in [-0.39, 0.29) is 17.8 Å². The average Bonchev–Trinajstić information content (AvgIpc) is 2.61. The first kappa shape index (κ1) is 17.7. The van der Waals surface area contributed by atoms with E-state index in [2.05, 4.69) is 15.3 Å². The van der Waals surface area contributed by atoms with Crippen molar-refractivity contribution in [2.75, 3.05) is 19.5 Å². The fourth-order valence-corrected chi connectivity index (χ4v) is 1.68. The van der Waals surface area contributed by atoms with Crippen LogP contribution in [0, 0.1) is 0 Å². The number of aromatic nitrogens is 2. The summed E-state index contributed by atoms with van der Waals surface area (Å²) in [5, 5.41) is 11.0. The van der Waals surface area contributed by atoms with Crippen LogP contribution < -0.4 is 19.5 Å². The molecule has 0 aliphatic rings. The standard InChI is InChI=1S/C16H15N3O6/c1-23-13-9-14(24-2)19-16(18-13)25-11-5-3-10(4-6-11)17-12(20)7-8-15(21)22/h3-9H,1-2H3,(H,17,20)(H,21,22)/b8-7+. The van der Waals surface area contributed by atoms with Gasteiger partial charge in [-0.15, -0.1) is 0 Å². The summed E-state index contributed by atoms with van der Waals surface area (Å²) in [4.78, 5) is 29.9. The minimum atomic E-state index is -1.20. The highest BCUT2D eigenvalue weighted by atomic mass is 16.5. The lowest BCUT2D eigenvalue weighted by Crippen LogP contribution is -2.08. The number of carbonyl (C=O) groups is 2. The Hall–Kier alpha value is -3.62. The molecule has 0 aliphatic carbocycles. The van der Waals surface area contributed by atoms with Crippen LogP contribution in [0.1, 0.15) is 0 Å². The molecule has 0 saturated heterocycles. The summed E-state index contributed by atoms with van der Waals surface area (Å²) in [7, 11) is 2.92. The van der Waals surface area contributed by atoms with Crippen LogP contribution in [-0.2, 0) is 9.59 Å². The van der Waals surface area contributed by atoms with Gasteiger partial charge in [-0.3, -0.25) is 4.79 Å². The summed E-state index contributed by atoms with van der Waals surface area (Å²) < 4.78 is 15.6. The van der Waals surface area contributed by atoms with E-state index in [1.165, 1.54) is 20.3 Å². The van der Waals surface area contributed by atoms with Crippen molar-refractivity contribution in [2.24, 2.45) is 0 Å². The number of ether oxygens (including phenoxy) is 3. The number of hydrogen-bond acceptors (Lipinski definition) is 7. The number of rotatable bonds is 7. The molecule has 1 amide bonds. The monoisotopic (exact) mass is 345 g/mol. The normalized spacial score (nSPS) is 10.3. The Labute approximate surface area is 142 Å². The maximum atomic E-state index is 11.5. The second kappa shape index (κ2) is 8.29. The van der Waals surface area contributed by atoms with Gasteiger partial charge in [0.25, 0.3) is 0 Å². The number of carboxylic acid groups (broad SMARTS) is 1. The molecular weight excluding hydrogens is 330 g/mol. The molecule has 1 aromatic carbocycles. The Morgan fingerprint density at radius 2 is 1.64 bits per heavy atom. The van der Waals surface area contributed by atoms with Crippen molar-refractivity contribution in [3.8, 4) is 23.5 Å². The molecule has 1 aromatic heterocycles. The van der Waals surface area contributed by atoms with Crippen molar-refractivity contribution in [1.82, 2.24) is 9.97 Å². The number of methoxy groups -OCH3 is 2. The number of benzene rings is 1. The molecule has 130 valence electrons. The van der Waals surface area contributed by atoms with E-state index in [0.29, 0.717) is 11.4 Å². The van der Waals surface area contributed by atoms with Gasteiger partial charge in [-0.2, -0.15) is 9.97 Å². The van der Waals surface area contributed by atoms with Crippen LogP contribution in [0.3, 0.4) is 0 Å². The van der Waals surface area contributed by atoms with Crippen molar-refractivity contribution >= 4 is 17.6 Å². The number of carboxylic acids is 1. The highest BCUT2D eigenvalue weighted by Gasteiger charge is 2.08. The predicted molar refractivity (Wildman–Crippen MR) is 87.1 cm³/mol. The fourth-order valence-electron chi connectivity index (χ4n) is 1.68. The van der Waals surface area contributed by atoms with Crippen LogP contribution in [0.5, 0.6) is 23.5 Å². The minimum absolute atomic E-state index is 0.0392. The summed E-state index contributed by atoms with van der Waals surface area (Å²) in [5.74, 6) is -0.758. The second-order valence-corrected chi connectivity index (χ2v) is 4.52. The van der Waals surface area contributed by atoms with Gasteiger partial charge in [0.15, 0.2) is 0 Å². The molecule has 0 fully saturated rings. The number of nitrogens with one attached hydrogen (secondary N) is 1. The van der Waals surface area contributed by atoms with E-state index in [0.717, 1.165) is 12.2 Å². The van der Waals surface area contributed by atoms with Gasteiger partial charge in [0, 0.05) is 17.8 Å². The second-order valence-electron chi connectivity index (χ2n) is 4.52. The van der Waals surface area contributed by atoms with Crippen LogP contribution in [0.25, 0.3) is 0 Å². The first-order valence-electron chi connectivity index (χ1n) is 6.97. The lowest BCUT2D eigenvalue weighted by atomic mass is 10.3. The zero-order chi connectivity index (χ0) is 18.2. The average molecular weight is 345 g/mol. The fraction of sp³-hybridized carbons (Fsp3) is 0.125. The zero-order valence-corrected chi connectivity index (χ0v) is 13.4. The van der Waals surface area contributed by atoms with E-state index in [4.69, 9.17) is 19.3 Å². The number of anilines is 1. The maximum Gasteiger partial charge on any atom is 0.328 e. The number of carbonyl (C=O) groups excluding carboxylic acids is 1. The molecule has 2 N–H and O–H groups in total. The van der Waals surface area contributed by atoms with E-state index >= 15 is 0 Å². The van der Waals surface area contributed by atoms with Crippen LogP contribution in [-0.4, -0.2) is 41.2 Å². The SMILES string of the molecule is COc1cc(OC)nc(Oc2ccc(NC(=O)/C=C/C(=O)O)cc2)n1. The summed E-state index contributed by atoms with van der Waals surface area (Å²) in [6, 6.07) is 7.89. The van der Waals surface area contributed by atoms with E-state index < -0.39 is 11.9 Å². The number of hydrogen-bond donors (Lipinski definition) is 2. The highest BCUT2D eigenvalue weighted by molar-refractivity contribution is 6.02. The molecule has 0 bridgehead atoms. The van der Waals surface area contributed by atoms with Crippen molar-refractivity contribution < 1.29 is 28.9 Å². The molecule has 9 heteroatoms. The molecule has 0 aliphatic heterocycles. The van der Waals surface area contributed by atoms with Gasteiger partial charge in [0.1, 0.15) is 5.75 Å². The van der Waals surface area contributed by atoms with Gasteiger partial charge < -0.3 is 24.6 Å². The van der Waals surface area contributed by atoms with Gasteiger partial charge in [-0.05, 0) is 24.3 Å². The van der Waals surface area contributed by atoms with Crippen molar-refractivity contribution in [1.29, 1.82) is 0 Å². The largest absolute Gasteiger partial charge is 0.481 e. The lowest BCUT2D eigenvalue weighted by molar-refractivity contribution is -0.131. The smallest absolute Gasteiger partial charge is 0.328 e. The quantitative estimate of drug-likeness (QED) is 0.730. The third-order valence-electron chi connectivity index (χ3n) is 2.79. The summed E-state index contributed by atoms with van der Waals surface area (Å²) >= 11 is 0. The van der Waals surface area contributed by atoms with E-state index in [1.807, 2.05) is 0 Å². The van der Waals surface area contributed by atoms with Crippen LogP contribution >= 0.6 is 0 Å². The Balaban J connectivity index is 2.05. The molecule has 0 unspecified atom stereocenters. The summed E-state index contributed by atoms with van der Waals surface area (Å²) in [6.07, 6.45) is 1.67. The molecule has 1 heterocycles. The molecule has 0 saturated carbocycles. The lowest BCUT2D eigenvalue weighted by Gasteiger charge is -2.08. The number of aliphatic carboxylic acids is 1. The van der Waals surface area contributed by atoms with Gasteiger partial charge >= 0.3 is 12.0 Å². The van der Waals surface area contributed by atoms with Crippen LogP contribution in [0.4, 0.5) is 5.69 Å². The number of amides is 1. The first-order chi connectivity index (χ1) is 12.0. The predicted octanol–water partition coefficient (Wildman–Crippen LogP) is 1.87. The Kier molecular flexibility index (Phi) is 5.88. The summed E-state index contributed by atoms with van der Waals surface area (Å²) in [6.45, 7) is 0. The molecule has 0 atom stereocenters. The van der Waals surface area contributed by atoms with Crippen molar-refractivity contribution in [3.05, 3.63) is 42.5 Å². The van der Waals surface area contributed by atoms with E-state index in [1.54, 1.807) is 24.3 Å². The van der Waals surface area contributed by atoms with Crippen molar-refractivity contribution in [2.45, 2.75) is 0 Å². The molecular formula is C16H15N3O6. The molecule has 2 rings (SSSR count). The van der Waals surface area contributed by atoms with Crippen LogP contribution in [0.2, 0.25) is 0 Å². The Morgan fingerprint density at radius 3 is 2.16 bits per heavy atom. The van der Waals surface area contributed by atoms with Gasteiger partial charge in [-0.1, -0.05) is 0 Å². The Morgan fingerprint density at radius 1 is 1.04 bits per heavy atom. The molecule has 0 radical (unpaired) electrons. The number of nitrogens with zero attached hydrogens (tertiary/aromatic N) is 2. The van der Waals surface area contributed by atoms with Gasteiger partial charge in [0.05, 0.1) is 20.3 Å². The van der Waals surface area contributed by atoms with Gasteiger partial charge in [0.2, 0.25) is 17.7 Å². The van der Waals surface area contributed by atoms with Crippen LogP contribution in [0.15, 0.2) is 42.5 Å². The highest BCUT2D eigenvalue weighted by Crippen LogP contribution is 2.24. The molecule has 9 nitrogen and oxygen atoms in total. The van der Waals surface area contributed by atoms with Gasteiger partial charge in [-0.25, -0.2) is 4.79 Å². The van der Waals surface area contributed by atoms with E-state index in [9.17, 15) is 9.59 Å². The van der Waals surface area contributed by atoms with Crippen molar-refractivity contribution in [3.63, 3.8) is 0 Å². The third-order valence-corrected chi connectivity index (χ3v) is 2.79.